The molecule has 0 bridgehead atoms. The molecule has 39 heavy (non-hydrogen) atoms. The van der Waals surface area contributed by atoms with Crippen molar-refractivity contribution in [3.8, 4) is 0 Å². The van der Waals surface area contributed by atoms with Gasteiger partial charge in [-0.05, 0) is 74.9 Å². The van der Waals surface area contributed by atoms with Gasteiger partial charge in [0.1, 0.15) is 0 Å². The van der Waals surface area contributed by atoms with E-state index in [9.17, 15) is 18.0 Å². The number of Topliss-reactive ketones (excluding diaryl/α,β-unsaturated/α-hetero) is 2. The molecule has 4 nitrogen and oxygen atoms in total. The average molecular weight is 539 g/mol. The first-order valence-corrected chi connectivity index (χ1v) is 14.6. The molecule has 5 heteroatoms. The highest BCUT2D eigenvalue weighted by molar-refractivity contribution is 7.93. The Bertz CT molecular complexity index is 1490. The van der Waals surface area contributed by atoms with Crippen LogP contribution in [0.5, 0.6) is 0 Å². The Morgan fingerprint density at radius 2 is 0.795 bits per heavy atom. The first-order valence-electron chi connectivity index (χ1n) is 13.0. The van der Waals surface area contributed by atoms with Crippen molar-refractivity contribution in [1.29, 1.82) is 0 Å². The molecule has 0 spiro atoms. The topological polar surface area (TPSA) is 68.3 Å². The summed E-state index contributed by atoms with van der Waals surface area (Å²) in [5.74, 6) is -1.09. The SMILES string of the molecule is Cc1cc(C)c(C(C(=O)c2ccccc2)S(=O)(=O)C(C(=O)c2ccccc2)c2c(C)cc(C)cc2C)c(C)c1. The second-order valence-electron chi connectivity index (χ2n) is 10.4. The van der Waals surface area contributed by atoms with Crippen molar-refractivity contribution >= 4 is 21.4 Å². The maximum absolute atomic E-state index is 15.0. The van der Waals surface area contributed by atoms with Crippen molar-refractivity contribution in [2.75, 3.05) is 0 Å². The van der Waals surface area contributed by atoms with E-state index in [4.69, 9.17) is 0 Å². The lowest BCUT2D eigenvalue weighted by atomic mass is 9.92. The van der Waals surface area contributed by atoms with Gasteiger partial charge in [-0.3, -0.25) is 9.59 Å². The molecule has 0 aliphatic rings. The summed E-state index contributed by atoms with van der Waals surface area (Å²) in [7, 11) is -4.48. The van der Waals surface area contributed by atoms with Crippen LogP contribution in [0.2, 0.25) is 0 Å². The number of carbonyl (C=O) groups excluding carboxylic acids is 2. The molecule has 200 valence electrons. The van der Waals surface area contributed by atoms with Crippen LogP contribution >= 0.6 is 0 Å². The van der Waals surface area contributed by atoms with E-state index in [1.165, 1.54) is 0 Å². The molecule has 0 N–H and O–H groups in total. The minimum Gasteiger partial charge on any atom is -0.292 e. The maximum Gasteiger partial charge on any atom is 0.185 e. The molecule has 4 aromatic carbocycles. The van der Waals surface area contributed by atoms with E-state index < -0.39 is 31.9 Å². The molecular weight excluding hydrogens is 504 g/mol. The highest BCUT2D eigenvalue weighted by Gasteiger charge is 2.46. The monoisotopic (exact) mass is 538 g/mol. The van der Waals surface area contributed by atoms with Crippen LogP contribution < -0.4 is 0 Å². The summed E-state index contributed by atoms with van der Waals surface area (Å²) in [6.45, 7) is 11.2. The molecule has 0 radical (unpaired) electrons. The summed E-state index contributed by atoms with van der Waals surface area (Å²) in [4.78, 5) is 28.4. The Labute approximate surface area is 231 Å². The van der Waals surface area contributed by atoms with Gasteiger partial charge in [-0.15, -0.1) is 0 Å². The number of ketones is 2. The van der Waals surface area contributed by atoms with Gasteiger partial charge < -0.3 is 0 Å². The normalized spacial score (nSPS) is 13.1. The van der Waals surface area contributed by atoms with Gasteiger partial charge in [-0.2, -0.15) is 0 Å². The van der Waals surface area contributed by atoms with Crippen LogP contribution in [0, 0.1) is 41.5 Å². The van der Waals surface area contributed by atoms with E-state index in [1.54, 1.807) is 60.7 Å². The number of carbonyl (C=O) groups is 2. The number of benzene rings is 4. The van der Waals surface area contributed by atoms with Crippen LogP contribution in [0.4, 0.5) is 0 Å². The van der Waals surface area contributed by atoms with Crippen molar-refractivity contribution < 1.29 is 18.0 Å². The van der Waals surface area contributed by atoms with E-state index in [-0.39, 0.29) is 11.1 Å². The predicted octanol–water partition coefficient (Wildman–Crippen LogP) is 7.50. The molecule has 4 rings (SSSR count). The molecule has 0 heterocycles. The van der Waals surface area contributed by atoms with Gasteiger partial charge in [-0.25, -0.2) is 8.42 Å². The highest BCUT2D eigenvalue weighted by atomic mass is 32.2. The minimum absolute atomic E-state index is 0.286. The first-order chi connectivity index (χ1) is 18.4. The van der Waals surface area contributed by atoms with E-state index >= 15 is 0 Å². The van der Waals surface area contributed by atoms with Crippen molar-refractivity contribution in [3.63, 3.8) is 0 Å². The third-order valence-corrected chi connectivity index (χ3v) is 9.46. The van der Waals surface area contributed by atoms with Crippen LogP contribution in [-0.4, -0.2) is 20.0 Å². The van der Waals surface area contributed by atoms with Gasteiger partial charge in [0.25, 0.3) is 0 Å². The van der Waals surface area contributed by atoms with Crippen LogP contribution in [0.3, 0.4) is 0 Å². The maximum atomic E-state index is 15.0. The second kappa shape index (κ2) is 11.1. The van der Waals surface area contributed by atoms with E-state index in [0.717, 1.165) is 11.1 Å². The Morgan fingerprint density at radius 1 is 0.513 bits per heavy atom. The van der Waals surface area contributed by atoms with Crippen LogP contribution in [0.25, 0.3) is 0 Å². The van der Waals surface area contributed by atoms with Crippen LogP contribution in [-0.2, 0) is 9.84 Å². The van der Waals surface area contributed by atoms with E-state index in [0.29, 0.717) is 33.4 Å². The van der Waals surface area contributed by atoms with Gasteiger partial charge in [0.15, 0.2) is 31.9 Å². The lowest BCUT2D eigenvalue weighted by Gasteiger charge is -2.28. The Morgan fingerprint density at radius 3 is 1.08 bits per heavy atom. The summed E-state index contributed by atoms with van der Waals surface area (Å²) >= 11 is 0. The van der Waals surface area contributed by atoms with Crippen LogP contribution in [0.15, 0.2) is 84.9 Å². The molecule has 2 atom stereocenters. The molecule has 0 fully saturated rings. The smallest absolute Gasteiger partial charge is 0.185 e. The molecule has 0 aliphatic heterocycles. The first kappa shape index (κ1) is 28.2. The number of aryl methyl sites for hydroxylation is 6. The lowest BCUT2D eigenvalue weighted by Crippen LogP contribution is -2.33. The third kappa shape index (κ3) is 5.50. The summed E-state index contributed by atoms with van der Waals surface area (Å²) in [5.41, 5.74) is 6.19. The number of rotatable bonds is 8. The molecule has 0 saturated carbocycles. The predicted molar refractivity (Wildman–Crippen MR) is 157 cm³/mol. The zero-order valence-corrected chi connectivity index (χ0v) is 24.1. The Hall–Kier alpha value is -3.83. The lowest BCUT2D eigenvalue weighted by molar-refractivity contribution is 0.0981. The summed E-state index contributed by atoms with van der Waals surface area (Å²) < 4.78 is 30.0. The summed E-state index contributed by atoms with van der Waals surface area (Å²) in [5, 5.41) is -3.11. The second-order valence-corrected chi connectivity index (χ2v) is 12.6. The summed E-state index contributed by atoms with van der Waals surface area (Å²) in [6.07, 6.45) is 0. The quantitative estimate of drug-likeness (QED) is 0.218. The molecule has 0 saturated heterocycles. The zero-order valence-electron chi connectivity index (χ0n) is 23.3. The highest BCUT2D eigenvalue weighted by Crippen LogP contribution is 2.43. The fraction of sp³-hybridized carbons (Fsp3) is 0.235. The van der Waals surface area contributed by atoms with E-state index in [2.05, 4.69) is 0 Å². The Kier molecular flexibility index (Phi) is 8.03. The molecule has 4 aromatic rings. The van der Waals surface area contributed by atoms with Gasteiger partial charge in [-0.1, -0.05) is 96.1 Å². The standard InChI is InChI=1S/C34H34O4S/c1-21-17-23(3)29(24(4)18-21)33(31(35)27-13-9-7-10-14-27)39(37,38)34(32(36)28-15-11-8-12-16-28)30-25(5)19-22(2)20-26(30)6/h7-20,33-34H,1-6H3. The van der Waals surface area contributed by atoms with Gasteiger partial charge in [0, 0.05) is 11.1 Å². The summed E-state index contributed by atoms with van der Waals surface area (Å²) in [6, 6.07) is 24.5. The van der Waals surface area contributed by atoms with Crippen molar-refractivity contribution in [1.82, 2.24) is 0 Å². The number of hydrogen-bond donors (Lipinski definition) is 0. The van der Waals surface area contributed by atoms with Gasteiger partial charge in [0.05, 0.1) is 0 Å². The Balaban J connectivity index is 2.07. The van der Waals surface area contributed by atoms with E-state index in [1.807, 2.05) is 65.8 Å². The molecule has 2 unspecified atom stereocenters. The number of hydrogen-bond acceptors (Lipinski definition) is 4. The fourth-order valence-corrected chi connectivity index (χ4v) is 8.28. The average Bonchev–Trinajstić information content (AvgIpc) is 2.88. The number of sulfone groups is 1. The largest absolute Gasteiger partial charge is 0.292 e. The molecule has 0 amide bonds. The molecule has 0 aromatic heterocycles. The van der Waals surface area contributed by atoms with Crippen molar-refractivity contribution in [2.45, 2.75) is 52.0 Å². The van der Waals surface area contributed by atoms with Crippen molar-refractivity contribution in [2.24, 2.45) is 0 Å². The van der Waals surface area contributed by atoms with Crippen LogP contribution in [0.1, 0.15) is 75.7 Å². The minimum atomic E-state index is -4.48. The van der Waals surface area contributed by atoms with Gasteiger partial charge in [0.2, 0.25) is 0 Å². The molecule has 0 aliphatic carbocycles. The van der Waals surface area contributed by atoms with Crippen molar-refractivity contribution in [3.05, 3.63) is 141 Å². The van der Waals surface area contributed by atoms with Gasteiger partial charge >= 0.3 is 0 Å². The fourth-order valence-electron chi connectivity index (χ4n) is 5.74. The zero-order chi connectivity index (χ0) is 28.5. The molecular formula is C34H34O4S. The third-order valence-electron chi connectivity index (χ3n) is 7.25.